The Morgan fingerprint density at radius 3 is 2.76 bits per heavy atom. The number of aryl methyl sites for hydroxylation is 1. The summed E-state index contributed by atoms with van der Waals surface area (Å²) in [6.45, 7) is 2.29. The summed E-state index contributed by atoms with van der Waals surface area (Å²) in [5.41, 5.74) is 1.07. The summed E-state index contributed by atoms with van der Waals surface area (Å²) in [6.07, 6.45) is 2.53. The average molecular weight is 366 g/mol. The lowest BCUT2D eigenvalue weighted by atomic mass is 10.1. The molecule has 0 aliphatic heterocycles. The van der Waals surface area contributed by atoms with Crippen LogP contribution in [0.2, 0.25) is 5.15 Å². The molecule has 0 bridgehead atoms. The zero-order chi connectivity index (χ0) is 18.4. The van der Waals surface area contributed by atoms with E-state index in [1.165, 1.54) is 13.2 Å². The Hall–Kier alpha value is -2.41. The van der Waals surface area contributed by atoms with Crippen LogP contribution in [-0.4, -0.2) is 27.6 Å². The van der Waals surface area contributed by atoms with Crippen LogP contribution < -0.4 is 0 Å². The van der Waals surface area contributed by atoms with Gasteiger partial charge < -0.3 is 9.30 Å². The summed E-state index contributed by atoms with van der Waals surface area (Å²) in [5, 5.41) is 11.5. The van der Waals surface area contributed by atoms with Crippen molar-refractivity contribution in [2.75, 3.05) is 7.11 Å². The fourth-order valence-electron chi connectivity index (χ4n) is 2.59. The number of carbonyl (C=O) groups excluding carboxylic acids is 1. The Morgan fingerprint density at radius 2 is 2.12 bits per heavy atom. The number of carbonyl (C=O) groups is 1. The van der Waals surface area contributed by atoms with E-state index in [1.807, 2.05) is 0 Å². The highest BCUT2D eigenvalue weighted by Crippen LogP contribution is 2.25. The van der Waals surface area contributed by atoms with E-state index in [-0.39, 0.29) is 23.8 Å². The number of nitrogens with zero attached hydrogens (tertiary/aromatic N) is 3. The van der Waals surface area contributed by atoms with E-state index in [1.54, 1.807) is 22.8 Å². The molecule has 134 valence electrons. The molecule has 0 saturated heterocycles. The fourth-order valence-corrected chi connectivity index (χ4v) is 2.85. The van der Waals surface area contributed by atoms with Crippen molar-refractivity contribution in [3.8, 4) is 0 Å². The first-order valence-corrected chi connectivity index (χ1v) is 8.38. The van der Waals surface area contributed by atoms with Crippen molar-refractivity contribution in [3.05, 3.63) is 56.6 Å². The molecule has 8 heteroatoms. The Bertz CT molecular complexity index is 773. The number of rotatable bonds is 8. The maximum absolute atomic E-state index is 11.7. The van der Waals surface area contributed by atoms with E-state index < -0.39 is 10.9 Å². The van der Waals surface area contributed by atoms with Crippen LogP contribution in [0.5, 0.6) is 0 Å². The quantitative estimate of drug-likeness (QED) is 0.405. The fraction of sp³-hybridized carbons (Fsp3) is 0.412. The van der Waals surface area contributed by atoms with E-state index in [2.05, 4.69) is 11.9 Å². The number of unbranched alkanes of at least 4 members (excludes halogenated alkanes) is 1. The second-order valence-corrected chi connectivity index (χ2v) is 5.95. The number of methoxy groups -OCH3 is 1. The van der Waals surface area contributed by atoms with Crippen LogP contribution in [0.3, 0.4) is 0 Å². The molecule has 1 heterocycles. The molecule has 0 N–H and O–H groups in total. The van der Waals surface area contributed by atoms with Crippen molar-refractivity contribution in [1.29, 1.82) is 0 Å². The van der Waals surface area contributed by atoms with Gasteiger partial charge in [-0.3, -0.25) is 14.9 Å². The summed E-state index contributed by atoms with van der Waals surface area (Å²) < 4.78 is 6.51. The van der Waals surface area contributed by atoms with E-state index >= 15 is 0 Å². The van der Waals surface area contributed by atoms with E-state index in [0.29, 0.717) is 23.5 Å². The van der Waals surface area contributed by atoms with Crippen molar-refractivity contribution in [2.24, 2.45) is 0 Å². The second-order valence-electron chi connectivity index (χ2n) is 5.59. The Kier molecular flexibility index (Phi) is 6.52. The topological polar surface area (TPSA) is 87.3 Å². The third kappa shape index (κ3) is 4.57. The van der Waals surface area contributed by atoms with Crippen molar-refractivity contribution >= 4 is 23.3 Å². The lowest BCUT2D eigenvalue weighted by Crippen LogP contribution is -2.14. The van der Waals surface area contributed by atoms with Crippen molar-refractivity contribution in [3.63, 3.8) is 0 Å². The molecule has 0 saturated carbocycles. The second kappa shape index (κ2) is 8.62. The Labute approximate surface area is 150 Å². The van der Waals surface area contributed by atoms with E-state index in [0.717, 1.165) is 12.8 Å². The number of hydrogen-bond donors (Lipinski definition) is 0. The predicted octanol–water partition coefficient (Wildman–Crippen LogP) is 3.55. The minimum Gasteiger partial charge on any atom is -0.469 e. The van der Waals surface area contributed by atoms with Gasteiger partial charge in [0.1, 0.15) is 5.82 Å². The van der Waals surface area contributed by atoms with Gasteiger partial charge in [-0.15, -0.1) is 0 Å². The SMILES string of the molecule is CCCCc1nc(Cl)c(CC(=O)OC)n1Cc1ccccc1[N+](=O)[O-]. The molecule has 0 atom stereocenters. The van der Waals surface area contributed by atoms with Gasteiger partial charge in [-0.1, -0.05) is 43.1 Å². The molecule has 25 heavy (non-hydrogen) atoms. The van der Waals surface area contributed by atoms with Gasteiger partial charge in [-0.2, -0.15) is 0 Å². The molecule has 0 aliphatic carbocycles. The van der Waals surface area contributed by atoms with Crippen LogP contribution in [0.15, 0.2) is 24.3 Å². The monoisotopic (exact) mass is 365 g/mol. The third-order valence-corrected chi connectivity index (χ3v) is 4.22. The lowest BCUT2D eigenvalue weighted by Gasteiger charge is -2.12. The van der Waals surface area contributed by atoms with Gasteiger partial charge in [0.15, 0.2) is 5.15 Å². The predicted molar refractivity (Wildman–Crippen MR) is 93.8 cm³/mol. The summed E-state index contributed by atoms with van der Waals surface area (Å²) in [7, 11) is 1.30. The molecule has 0 unspecified atom stereocenters. The first kappa shape index (κ1) is 18.9. The molecule has 0 fully saturated rings. The summed E-state index contributed by atoms with van der Waals surface area (Å²) >= 11 is 6.23. The highest BCUT2D eigenvalue weighted by atomic mass is 35.5. The van der Waals surface area contributed by atoms with Crippen LogP contribution in [0.4, 0.5) is 5.69 Å². The molecule has 7 nitrogen and oxygen atoms in total. The van der Waals surface area contributed by atoms with Gasteiger partial charge in [0.25, 0.3) is 5.69 Å². The van der Waals surface area contributed by atoms with E-state index in [9.17, 15) is 14.9 Å². The molecular weight excluding hydrogens is 346 g/mol. The van der Waals surface area contributed by atoms with Crippen LogP contribution in [0, 0.1) is 10.1 Å². The number of nitro groups is 1. The number of ether oxygens (including phenoxy) is 1. The van der Waals surface area contributed by atoms with Crippen molar-refractivity contribution in [1.82, 2.24) is 9.55 Å². The van der Waals surface area contributed by atoms with Crippen molar-refractivity contribution < 1.29 is 14.5 Å². The maximum atomic E-state index is 11.7. The molecular formula is C17H20ClN3O4. The molecule has 1 aromatic carbocycles. The Balaban J connectivity index is 2.46. The smallest absolute Gasteiger partial charge is 0.311 e. The molecule has 0 spiro atoms. The molecule has 2 aromatic rings. The number of benzene rings is 1. The first-order valence-electron chi connectivity index (χ1n) is 8.00. The normalized spacial score (nSPS) is 10.7. The zero-order valence-corrected chi connectivity index (χ0v) is 15.0. The molecule has 0 aliphatic rings. The minimum absolute atomic E-state index is 0.0257. The standard InChI is InChI=1S/C17H20ClN3O4/c1-3-4-9-15-19-17(18)14(10-16(22)25-2)20(15)11-12-7-5-6-8-13(12)21(23)24/h5-8H,3-4,9-11H2,1-2H3. The largest absolute Gasteiger partial charge is 0.469 e. The summed E-state index contributed by atoms with van der Waals surface area (Å²) in [6, 6.07) is 6.51. The van der Waals surface area contributed by atoms with Gasteiger partial charge in [-0.05, 0) is 6.42 Å². The number of aromatic nitrogens is 2. The van der Waals surface area contributed by atoms with Crippen LogP contribution >= 0.6 is 11.6 Å². The molecule has 0 radical (unpaired) electrons. The highest BCUT2D eigenvalue weighted by molar-refractivity contribution is 6.30. The first-order chi connectivity index (χ1) is 12.0. The van der Waals surface area contributed by atoms with Gasteiger partial charge in [0, 0.05) is 18.1 Å². The number of halogens is 1. The van der Waals surface area contributed by atoms with E-state index in [4.69, 9.17) is 16.3 Å². The Morgan fingerprint density at radius 1 is 1.40 bits per heavy atom. The van der Waals surface area contributed by atoms with Crippen LogP contribution in [-0.2, 0) is 28.9 Å². The lowest BCUT2D eigenvalue weighted by molar-refractivity contribution is -0.385. The third-order valence-electron chi connectivity index (χ3n) is 3.91. The minimum atomic E-state index is -0.437. The maximum Gasteiger partial charge on any atom is 0.311 e. The van der Waals surface area contributed by atoms with Crippen LogP contribution in [0.25, 0.3) is 0 Å². The highest BCUT2D eigenvalue weighted by Gasteiger charge is 2.21. The van der Waals surface area contributed by atoms with Gasteiger partial charge >= 0.3 is 5.97 Å². The number of para-hydroxylation sites is 1. The number of nitro benzene ring substituents is 1. The molecule has 2 rings (SSSR count). The van der Waals surface area contributed by atoms with Gasteiger partial charge in [-0.25, -0.2) is 4.98 Å². The van der Waals surface area contributed by atoms with Gasteiger partial charge in [0.05, 0.1) is 30.7 Å². The zero-order valence-electron chi connectivity index (χ0n) is 14.2. The summed E-state index contributed by atoms with van der Waals surface area (Å²) in [5.74, 6) is 0.275. The average Bonchev–Trinajstić information content (AvgIpc) is 2.88. The number of esters is 1. The molecule has 1 aromatic heterocycles. The number of imidazole rings is 1. The van der Waals surface area contributed by atoms with Crippen molar-refractivity contribution in [2.45, 2.75) is 39.2 Å². The van der Waals surface area contributed by atoms with Gasteiger partial charge in [0.2, 0.25) is 0 Å². The summed E-state index contributed by atoms with van der Waals surface area (Å²) in [4.78, 5) is 26.9. The van der Waals surface area contributed by atoms with Crippen LogP contribution in [0.1, 0.15) is 36.8 Å². The number of hydrogen-bond acceptors (Lipinski definition) is 5. The molecule has 0 amide bonds.